The number of aromatic nitrogens is 1. The molecular weight excluding hydrogens is 156 g/mol. The molecule has 1 aromatic rings. The normalized spacial score (nSPS) is 11.6. The molecule has 1 aromatic heterocycles. The van der Waals surface area contributed by atoms with Crippen molar-refractivity contribution in [3.63, 3.8) is 0 Å². The summed E-state index contributed by atoms with van der Waals surface area (Å²) in [5, 5.41) is 18.8. The van der Waals surface area contributed by atoms with Crippen LogP contribution in [0.3, 0.4) is 0 Å². The van der Waals surface area contributed by atoms with Crippen molar-refractivity contribution >= 4 is 5.97 Å². The third-order valence-corrected chi connectivity index (χ3v) is 1.35. The van der Waals surface area contributed by atoms with Gasteiger partial charge in [0.1, 0.15) is 5.92 Å². The van der Waals surface area contributed by atoms with Crippen LogP contribution >= 0.6 is 0 Å². The van der Waals surface area contributed by atoms with Gasteiger partial charge in [-0.1, -0.05) is 6.07 Å². The molecule has 0 amide bonds. The molecule has 0 aliphatic rings. The highest BCUT2D eigenvalue weighted by atomic mass is 16.4. The maximum Gasteiger partial charge on any atom is 0.128 e. The van der Waals surface area contributed by atoms with E-state index in [1.165, 1.54) is 12.3 Å². The molecule has 4 heteroatoms. The molecular formula is C8H5N2O2-. The largest absolute Gasteiger partial charge is 0.548 e. The number of nitriles is 1. The van der Waals surface area contributed by atoms with Crippen LogP contribution in [0.25, 0.3) is 0 Å². The van der Waals surface area contributed by atoms with Crippen molar-refractivity contribution in [1.82, 2.24) is 4.98 Å². The van der Waals surface area contributed by atoms with Crippen LogP contribution in [0.4, 0.5) is 0 Å². The minimum atomic E-state index is -1.42. The van der Waals surface area contributed by atoms with E-state index < -0.39 is 11.9 Å². The zero-order valence-corrected chi connectivity index (χ0v) is 6.10. The minimum absolute atomic E-state index is 0.208. The van der Waals surface area contributed by atoms with Gasteiger partial charge in [0.05, 0.1) is 17.7 Å². The van der Waals surface area contributed by atoms with E-state index in [2.05, 4.69) is 4.98 Å². The molecule has 0 spiro atoms. The number of rotatable bonds is 2. The van der Waals surface area contributed by atoms with E-state index in [0.29, 0.717) is 0 Å². The Hall–Kier alpha value is -1.89. The number of carbonyl (C=O) groups is 1. The van der Waals surface area contributed by atoms with Crippen molar-refractivity contribution in [3.8, 4) is 6.07 Å². The number of hydrogen-bond donors (Lipinski definition) is 0. The molecule has 0 saturated heterocycles. The Balaban J connectivity index is 2.98. The Morgan fingerprint density at radius 3 is 2.83 bits per heavy atom. The molecule has 0 N–H and O–H groups in total. The average molecular weight is 161 g/mol. The van der Waals surface area contributed by atoms with Crippen molar-refractivity contribution in [1.29, 1.82) is 5.26 Å². The molecule has 4 nitrogen and oxygen atoms in total. The number of hydrogen-bond acceptors (Lipinski definition) is 4. The van der Waals surface area contributed by atoms with Gasteiger partial charge in [0.25, 0.3) is 0 Å². The Morgan fingerprint density at radius 2 is 2.42 bits per heavy atom. The fourth-order valence-corrected chi connectivity index (χ4v) is 0.786. The fourth-order valence-electron chi connectivity index (χ4n) is 0.786. The second kappa shape index (κ2) is 3.49. The third kappa shape index (κ3) is 1.58. The van der Waals surface area contributed by atoms with Crippen LogP contribution in [0, 0.1) is 11.3 Å². The first kappa shape index (κ1) is 8.21. The molecule has 0 radical (unpaired) electrons. The monoisotopic (exact) mass is 161 g/mol. The van der Waals surface area contributed by atoms with Gasteiger partial charge in [0.15, 0.2) is 0 Å². The Labute approximate surface area is 69.1 Å². The van der Waals surface area contributed by atoms with Crippen LogP contribution in [0.15, 0.2) is 24.4 Å². The van der Waals surface area contributed by atoms with Crippen LogP contribution in [-0.2, 0) is 4.79 Å². The summed E-state index contributed by atoms with van der Waals surface area (Å²) in [5.41, 5.74) is 0.208. The van der Waals surface area contributed by atoms with Gasteiger partial charge in [-0.15, -0.1) is 0 Å². The van der Waals surface area contributed by atoms with Gasteiger partial charge in [0.2, 0.25) is 0 Å². The highest BCUT2D eigenvalue weighted by Gasteiger charge is 2.11. The van der Waals surface area contributed by atoms with Crippen LogP contribution in [0.5, 0.6) is 0 Å². The van der Waals surface area contributed by atoms with Gasteiger partial charge in [-0.25, -0.2) is 0 Å². The summed E-state index contributed by atoms with van der Waals surface area (Å²) in [4.78, 5) is 14.1. The fraction of sp³-hybridized carbons (Fsp3) is 0.125. The summed E-state index contributed by atoms with van der Waals surface area (Å²) in [6.07, 6.45) is 1.43. The van der Waals surface area contributed by atoms with Crippen molar-refractivity contribution < 1.29 is 9.90 Å². The van der Waals surface area contributed by atoms with Gasteiger partial charge in [-0.3, -0.25) is 4.98 Å². The van der Waals surface area contributed by atoms with Gasteiger partial charge in [-0.2, -0.15) is 5.26 Å². The SMILES string of the molecule is N#CC(C(=O)[O-])c1ccccn1. The van der Waals surface area contributed by atoms with E-state index in [0.717, 1.165) is 0 Å². The maximum atomic E-state index is 10.4. The molecule has 0 aromatic carbocycles. The summed E-state index contributed by atoms with van der Waals surface area (Å²) in [7, 11) is 0. The Morgan fingerprint density at radius 1 is 1.67 bits per heavy atom. The second-order valence-corrected chi connectivity index (χ2v) is 2.14. The molecule has 12 heavy (non-hydrogen) atoms. The van der Waals surface area contributed by atoms with Crippen molar-refractivity contribution in [2.24, 2.45) is 0 Å². The third-order valence-electron chi connectivity index (χ3n) is 1.35. The molecule has 0 saturated carbocycles. The zero-order chi connectivity index (χ0) is 8.97. The lowest BCUT2D eigenvalue weighted by Gasteiger charge is -2.07. The first-order valence-corrected chi connectivity index (χ1v) is 3.27. The van der Waals surface area contributed by atoms with Crippen molar-refractivity contribution in [2.45, 2.75) is 5.92 Å². The highest BCUT2D eigenvalue weighted by molar-refractivity contribution is 5.76. The van der Waals surface area contributed by atoms with Crippen molar-refractivity contribution in [2.75, 3.05) is 0 Å². The standard InChI is InChI=1S/C8H6N2O2/c9-5-6(8(11)12)7-3-1-2-4-10-7/h1-4,6H,(H,11,12)/p-1. The topological polar surface area (TPSA) is 76.8 Å². The molecule has 0 fully saturated rings. The summed E-state index contributed by atoms with van der Waals surface area (Å²) >= 11 is 0. The molecule has 1 atom stereocenters. The lowest BCUT2D eigenvalue weighted by Crippen LogP contribution is -2.29. The Bertz CT molecular complexity index is 316. The molecule has 0 aliphatic heterocycles. The van der Waals surface area contributed by atoms with Gasteiger partial charge in [0, 0.05) is 6.20 Å². The summed E-state index contributed by atoms with van der Waals surface area (Å²) < 4.78 is 0. The van der Waals surface area contributed by atoms with Gasteiger partial charge < -0.3 is 9.90 Å². The van der Waals surface area contributed by atoms with Crippen LogP contribution in [-0.4, -0.2) is 11.0 Å². The van der Waals surface area contributed by atoms with E-state index in [4.69, 9.17) is 5.26 Å². The molecule has 1 rings (SSSR count). The van der Waals surface area contributed by atoms with Crippen molar-refractivity contribution in [3.05, 3.63) is 30.1 Å². The summed E-state index contributed by atoms with van der Waals surface area (Å²) in [6.45, 7) is 0. The van der Waals surface area contributed by atoms with E-state index in [-0.39, 0.29) is 5.69 Å². The molecule has 0 aliphatic carbocycles. The van der Waals surface area contributed by atoms with Crippen LogP contribution in [0.2, 0.25) is 0 Å². The average Bonchev–Trinajstić information content (AvgIpc) is 2.07. The number of nitrogens with zero attached hydrogens (tertiary/aromatic N) is 2. The minimum Gasteiger partial charge on any atom is -0.548 e. The maximum absolute atomic E-state index is 10.4. The lowest BCUT2D eigenvalue weighted by molar-refractivity contribution is -0.306. The Kier molecular flexibility index (Phi) is 2.38. The predicted molar refractivity (Wildman–Crippen MR) is 37.6 cm³/mol. The van der Waals surface area contributed by atoms with Crippen LogP contribution in [0.1, 0.15) is 11.6 Å². The van der Waals surface area contributed by atoms with E-state index in [1.54, 1.807) is 18.2 Å². The van der Waals surface area contributed by atoms with Gasteiger partial charge >= 0.3 is 0 Å². The number of carboxylic acids is 1. The van der Waals surface area contributed by atoms with E-state index in [1.807, 2.05) is 0 Å². The summed E-state index contributed by atoms with van der Waals surface area (Å²) in [5.74, 6) is -2.69. The first-order chi connectivity index (χ1) is 5.75. The highest BCUT2D eigenvalue weighted by Crippen LogP contribution is 2.09. The van der Waals surface area contributed by atoms with E-state index >= 15 is 0 Å². The predicted octanol–water partition coefficient (Wildman–Crippen LogP) is -0.561. The zero-order valence-electron chi connectivity index (χ0n) is 6.10. The number of pyridine rings is 1. The molecule has 0 bridgehead atoms. The quantitative estimate of drug-likeness (QED) is 0.582. The summed E-state index contributed by atoms with van der Waals surface area (Å²) in [6, 6.07) is 6.34. The molecule has 60 valence electrons. The van der Waals surface area contributed by atoms with E-state index in [9.17, 15) is 9.90 Å². The number of carboxylic acid groups (broad SMARTS) is 1. The molecule has 1 unspecified atom stereocenters. The van der Waals surface area contributed by atoms with Gasteiger partial charge in [-0.05, 0) is 12.1 Å². The second-order valence-electron chi connectivity index (χ2n) is 2.14. The lowest BCUT2D eigenvalue weighted by atomic mass is 10.1. The number of aliphatic carboxylic acids is 1. The number of carbonyl (C=O) groups excluding carboxylic acids is 1. The van der Waals surface area contributed by atoms with Crippen LogP contribution < -0.4 is 5.11 Å². The first-order valence-electron chi connectivity index (χ1n) is 3.27. The molecule has 1 heterocycles. The smallest absolute Gasteiger partial charge is 0.128 e.